The third-order valence-corrected chi connectivity index (χ3v) is 4.81. The van der Waals surface area contributed by atoms with E-state index < -0.39 is 11.8 Å². The maximum absolute atomic E-state index is 13.6. The summed E-state index contributed by atoms with van der Waals surface area (Å²) in [5, 5.41) is 5.72. The van der Waals surface area contributed by atoms with E-state index in [-0.39, 0.29) is 5.69 Å². The van der Waals surface area contributed by atoms with Gasteiger partial charge in [-0.15, -0.1) is 11.3 Å². The van der Waals surface area contributed by atoms with E-state index in [9.17, 15) is 9.18 Å². The molecule has 1 aromatic carbocycles. The van der Waals surface area contributed by atoms with Crippen LogP contribution in [0.4, 0.5) is 20.0 Å². The van der Waals surface area contributed by atoms with Crippen LogP contribution in [0.15, 0.2) is 22.7 Å². The van der Waals surface area contributed by atoms with Crippen molar-refractivity contribution in [1.29, 1.82) is 0 Å². The van der Waals surface area contributed by atoms with Crippen LogP contribution in [0.3, 0.4) is 0 Å². The number of aromatic nitrogens is 1. The maximum Gasteiger partial charge on any atom is 0.325 e. The van der Waals surface area contributed by atoms with Crippen molar-refractivity contribution in [3.63, 3.8) is 0 Å². The summed E-state index contributed by atoms with van der Waals surface area (Å²) in [6.45, 7) is 0. The molecule has 0 aliphatic heterocycles. The van der Waals surface area contributed by atoms with Crippen molar-refractivity contribution in [3.8, 4) is 0 Å². The monoisotopic (exact) mass is 369 g/mol. The van der Waals surface area contributed by atoms with E-state index in [0.717, 1.165) is 25.0 Å². The summed E-state index contributed by atoms with van der Waals surface area (Å²) in [7, 11) is 0. The molecule has 1 heterocycles. The van der Waals surface area contributed by atoms with Gasteiger partial charge >= 0.3 is 6.03 Å². The molecule has 1 aromatic heterocycles. The predicted molar refractivity (Wildman–Crippen MR) is 85.5 cm³/mol. The first-order valence-electron chi connectivity index (χ1n) is 6.63. The molecule has 2 aromatic rings. The molecule has 0 unspecified atom stereocenters. The number of rotatable bonds is 2. The number of nitrogens with one attached hydrogen (secondary N) is 2. The second-order valence-electron chi connectivity index (χ2n) is 4.80. The Bertz CT molecular complexity index is 665. The highest BCUT2D eigenvalue weighted by atomic mass is 79.9. The van der Waals surface area contributed by atoms with Crippen LogP contribution in [-0.4, -0.2) is 11.0 Å². The highest BCUT2D eigenvalue weighted by Gasteiger charge is 2.16. The van der Waals surface area contributed by atoms with Crippen LogP contribution in [-0.2, 0) is 12.8 Å². The topological polar surface area (TPSA) is 54.0 Å². The van der Waals surface area contributed by atoms with Crippen LogP contribution in [0.25, 0.3) is 0 Å². The van der Waals surface area contributed by atoms with Crippen LogP contribution >= 0.6 is 27.3 Å². The van der Waals surface area contributed by atoms with E-state index >= 15 is 0 Å². The number of thiazole rings is 1. The Kier molecular flexibility index (Phi) is 4.21. The molecule has 0 bridgehead atoms. The van der Waals surface area contributed by atoms with Gasteiger partial charge in [0.15, 0.2) is 5.13 Å². The molecule has 2 N–H and O–H groups in total. The largest absolute Gasteiger partial charge is 0.325 e. The quantitative estimate of drug-likeness (QED) is 0.814. The van der Waals surface area contributed by atoms with E-state index in [2.05, 4.69) is 31.5 Å². The molecule has 1 aliphatic carbocycles. The van der Waals surface area contributed by atoms with Crippen LogP contribution in [0, 0.1) is 5.82 Å². The SMILES string of the molecule is O=C(Nc1nc2c(s1)CCCC2)Nc1ccc(Br)cc1F. The van der Waals surface area contributed by atoms with Gasteiger partial charge in [-0.3, -0.25) is 5.32 Å². The Morgan fingerprint density at radius 2 is 2.10 bits per heavy atom. The summed E-state index contributed by atoms with van der Waals surface area (Å²) >= 11 is 4.67. The smallest absolute Gasteiger partial charge is 0.305 e. The predicted octanol–water partition coefficient (Wildman–Crippen LogP) is 4.57. The zero-order chi connectivity index (χ0) is 14.8. The van der Waals surface area contributed by atoms with Crippen LogP contribution < -0.4 is 10.6 Å². The molecular formula is C14H13BrFN3OS. The molecule has 4 nitrogen and oxygen atoms in total. The van der Waals surface area contributed by atoms with Crippen molar-refractivity contribution >= 4 is 44.1 Å². The van der Waals surface area contributed by atoms with Crippen molar-refractivity contribution in [2.75, 3.05) is 10.6 Å². The van der Waals surface area contributed by atoms with Gasteiger partial charge in [0, 0.05) is 9.35 Å². The standard InChI is InChI=1S/C14H13BrFN3OS/c15-8-5-6-10(9(16)7-8)17-13(20)19-14-18-11-3-1-2-4-12(11)21-14/h5-7H,1-4H2,(H2,17,18,19,20). The van der Waals surface area contributed by atoms with E-state index in [4.69, 9.17) is 0 Å². The number of benzene rings is 1. The number of fused-ring (bicyclic) bond motifs is 1. The molecule has 1 aliphatic rings. The number of anilines is 2. The molecule has 0 fully saturated rings. The molecule has 7 heteroatoms. The minimum atomic E-state index is -0.488. The number of carbonyl (C=O) groups excluding carboxylic acids is 1. The number of urea groups is 1. The Labute approximate surface area is 133 Å². The van der Waals surface area contributed by atoms with Gasteiger partial charge < -0.3 is 5.32 Å². The third-order valence-electron chi connectivity index (χ3n) is 3.25. The first-order valence-corrected chi connectivity index (χ1v) is 8.24. The minimum Gasteiger partial charge on any atom is -0.305 e. The average molecular weight is 370 g/mol. The van der Waals surface area contributed by atoms with Gasteiger partial charge in [0.1, 0.15) is 5.82 Å². The number of aryl methyl sites for hydroxylation is 2. The lowest BCUT2D eigenvalue weighted by Crippen LogP contribution is -2.20. The highest BCUT2D eigenvalue weighted by Crippen LogP contribution is 2.29. The molecule has 0 saturated carbocycles. The van der Waals surface area contributed by atoms with Gasteiger partial charge in [-0.2, -0.15) is 0 Å². The fourth-order valence-corrected chi connectivity index (χ4v) is 3.63. The normalized spacial score (nSPS) is 13.6. The number of nitrogens with zero attached hydrogens (tertiary/aromatic N) is 1. The van der Waals surface area contributed by atoms with Gasteiger partial charge in [0.05, 0.1) is 11.4 Å². The van der Waals surface area contributed by atoms with Crippen molar-refractivity contribution in [2.24, 2.45) is 0 Å². The van der Waals surface area contributed by atoms with Crippen LogP contribution in [0.2, 0.25) is 0 Å². The van der Waals surface area contributed by atoms with E-state index in [1.54, 1.807) is 6.07 Å². The van der Waals surface area contributed by atoms with Crippen molar-refractivity contribution < 1.29 is 9.18 Å². The molecule has 0 spiro atoms. The molecule has 2 amide bonds. The molecule has 0 radical (unpaired) electrons. The maximum atomic E-state index is 13.6. The molecule has 21 heavy (non-hydrogen) atoms. The number of amides is 2. The van der Waals surface area contributed by atoms with Gasteiger partial charge in [0.25, 0.3) is 0 Å². The lowest BCUT2D eigenvalue weighted by Gasteiger charge is -2.06. The molecule has 3 rings (SSSR count). The second-order valence-corrected chi connectivity index (χ2v) is 6.80. The van der Waals surface area contributed by atoms with Crippen molar-refractivity contribution in [1.82, 2.24) is 4.98 Å². The highest BCUT2D eigenvalue weighted by molar-refractivity contribution is 9.10. The van der Waals surface area contributed by atoms with Crippen LogP contribution in [0.5, 0.6) is 0 Å². The zero-order valence-electron chi connectivity index (χ0n) is 11.1. The number of hydrogen-bond donors (Lipinski definition) is 2. The zero-order valence-corrected chi connectivity index (χ0v) is 13.5. The number of halogens is 2. The second kappa shape index (κ2) is 6.11. The molecule has 0 saturated heterocycles. The van der Waals surface area contributed by atoms with E-state index in [1.807, 2.05) is 0 Å². The van der Waals surface area contributed by atoms with Crippen molar-refractivity contribution in [3.05, 3.63) is 39.1 Å². The lowest BCUT2D eigenvalue weighted by atomic mass is 10.0. The van der Waals surface area contributed by atoms with Crippen molar-refractivity contribution in [2.45, 2.75) is 25.7 Å². The fourth-order valence-electron chi connectivity index (χ4n) is 2.25. The summed E-state index contributed by atoms with van der Waals surface area (Å²) in [5.74, 6) is -0.488. The Morgan fingerprint density at radius 1 is 1.29 bits per heavy atom. The molecule has 110 valence electrons. The summed E-state index contributed by atoms with van der Waals surface area (Å²) < 4.78 is 14.3. The Morgan fingerprint density at radius 3 is 2.86 bits per heavy atom. The summed E-state index contributed by atoms with van der Waals surface area (Å²) in [6, 6.07) is 3.99. The first-order chi connectivity index (χ1) is 10.1. The lowest BCUT2D eigenvalue weighted by molar-refractivity contribution is 0.262. The Hall–Kier alpha value is -1.47. The third kappa shape index (κ3) is 3.41. The Balaban J connectivity index is 1.67. The van der Waals surface area contributed by atoms with Crippen LogP contribution in [0.1, 0.15) is 23.4 Å². The summed E-state index contributed by atoms with van der Waals surface area (Å²) in [5.41, 5.74) is 1.22. The average Bonchev–Trinajstić information content (AvgIpc) is 2.84. The molecule has 0 atom stereocenters. The summed E-state index contributed by atoms with van der Waals surface area (Å²) in [4.78, 5) is 17.6. The van der Waals surface area contributed by atoms with Gasteiger partial charge in [0.2, 0.25) is 0 Å². The number of hydrogen-bond acceptors (Lipinski definition) is 3. The van der Waals surface area contributed by atoms with E-state index in [1.165, 1.54) is 34.8 Å². The fraction of sp³-hybridized carbons (Fsp3) is 0.286. The molecular weight excluding hydrogens is 357 g/mol. The summed E-state index contributed by atoms with van der Waals surface area (Å²) in [6.07, 6.45) is 4.31. The minimum absolute atomic E-state index is 0.136. The van der Waals surface area contributed by atoms with Gasteiger partial charge in [-0.05, 0) is 43.9 Å². The van der Waals surface area contributed by atoms with E-state index in [0.29, 0.717) is 9.60 Å². The first kappa shape index (κ1) is 14.5. The van der Waals surface area contributed by atoms with Gasteiger partial charge in [-0.1, -0.05) is 15.9 Å². The van der Waals surface area contributed by atoms with Gasteiger partial charge in [-0.25, -0.2) is 14.2 Å². The number of carbonyl (C=O) groups is 1.